The van der Waals surface area contributed by atoms with Crippen LogP contribution >= 0.6 is 11.3 Å². The number of benzene rings is 1. The van der Waals surface area contributed by atoms with E-state index in [0.29, 0.717) is 17.9 Å². The number of rotatable bonds is 3. The molecule has 1 heterocycles. The molecule has 17 heavy (non-hydrogen) atoms. The highest BCUT2D eigenvalue weighted by atomic mass is 32.1. The molecule has 0 saturated heterocycles. The van der Waals surface area contributed by atoms with Crippen LogP contribution in [-0.2, 0) is 5.41 Å². The lowest BCUT2D eigenvalue weighted by Crippen LogP contribution is -2.19. The van der Waals surface area contributed by atoms with E-state index >= 15 is 0 Å². The molecule has 0 radical (unpaired) electrons. The average molecular weight is 251 g/mol. The highest BCUT2D eigenvalue weighted by Gasteiger charge is 2.43. The minimum Gasteiger partial charge on any atom is -0.493 e. The van der Waals surface area contributed by atoms with Crippen LogP contribution in [0.2, 0.25) is 0 Å². The fraction of sp³-hybridized carbons (Fsp3) is 0.417. The maximum absolute atomic E-state index is 11.3. The van der Waals surface area contributed by atoms with Crippen molar-refractivity contribution in [3.63, 3.8) is 0 Å². The van der Waals surface area contributed by atoms with Crippen molar-refractivity contribution in [1.82, 2.24) is 0 Å². The van der Waals surface area contributed by atoms with Gasteiger partial charge < -0.3 is 14.9 Å². The summed E-state index contributed by atoms with van der Waals surface area (Å²) >= 11 is 1.11. The van der Waals surface area contributed by atoms with Crippen LogP contribution in [0.1, 0.15) is 18.4 Å². The summed E-state index contributed by atoms with van der Waals surface area (Å²) < 4.78 is 11.2. The molecule has 1 saturated carbocycles. The Hall–Kier alpha value is -1.33. The van der Waals surface area contributed by atoms with Gasteiger partial charge in [-0.25, -0.2) is 4.79 Å². The second-order valence-corrected chi connectivity index (χ2v) is 5.42. The molecule has 1 fully saturated rings. The molecule has 3 rings (SSSR count). The maximum atomic E-state index is 11.3. The molecule has 4 nitrogen and oxygen atoms in total. The number of hydrogen-bond donors (Lipinski definition) is 1. The van der Waals surface area contributed by atoms with E-state index in [-0.39, 0.29) is 10.4 Å². The van der Waals surface area contributed by atoms with E-state index in [0.717, 1.165) is 34.4 Å². The summed E-state index contributed by atoms with van der Waals surface area (Å²) in [5.74, 6) is 0.621. The number of nitrogens with two attached hydrogens (primary N) is 1. The second kappa shape index (κ2) is 3.58. The Kier molecular flexibility index (Phi) is 2.27. The van der Waals surface area contributed by atoms with Gasteiger partial charge in [0.05, 0.1) is 11.8 Å². The maximum Gasteiger partial charge on any atom is 0.396 e. The Labute approximate surface area is 102 Å². The van der Waals surface area contributed by atoms with E-state index in [9.17, 15) is 4.79 Å². The average Bonchev–Trinajstić information content (AvgIpc) is 3.04. The highest BCUT2D eigenvalue weighted by Crippen LogP contribution is 2.49. The quantitative estimate of drug-likeness (QED) is 0.904. The summed E-state index contributed by atoms with van der Waals surface area (Å²) in [5, 5.41) is 0. The van der Waals surface area contributed by atoms with Gasteiger partial charge in [-0.3, -0.25) is 0 Å². The Morgan fingerprint density at radius 1 is 1.53 bits per heavy atom. The van der Waals surface area contributed by atoms with Gasteiger partial charge in [-0.15, -0.1) is 0 Å². The number of fused-ring (bicyclic) bond motifs is 1. The molecule has 0 amide bonds. The van der Waals surface area contributed by atoms with Crippen molar-refractivity contribution in [1.29, 1.82) is 0 Å². The fourth-order valence-corrected chi connectivity index (χ4v) is 2.89. The van der Waals surface area contributed by atoms with E-state index in [1.54, 1.807) is 7.11 Å². The largest absolute Gasteiger partial charge is 0.493 e. The van der Waals surface area contributed by atoms with Crippen molar-refractivity contribution < 1.29 is 9.15 Å². The number of ether oxygens (including phenoxy) is 1. The topological polar surface area (TPSA) is 65.5 Å². The van der Waals surface area contributed by atoms with Crippen molar-refractivity contribution in [3.8, 4) is 5.75 Å². The Morgan fingerprint density at radius 3 is 2.88 bits per heavy atom. The molecular weight excluding hydrogens is 238 g/mol. The molecule has 0 unspecified atom stereocenters. The Bertz CT molecular complexity index is 624. The molecule has 5 heteroatoms. The van der Waals surface area contributed by atoms with E-state index < -0.39 is 0 Å². The van der Waals surface area contributed by atoms with Gasteiger partial charge in [0.2, 0.25) is 0 Å². The summed E-state index contributed by atoms with van der Waals surface area (Å²) in [6.45, 7) is 0.633. The molecule has 1 aromatic heterocycles. The first-order valence-electron chi connectivity index (χ1n) is 5.51. The molecule has 90 valence electrons. The lowest BCUT2D eigenvalue weighted by molar-refractivity contribution is 0.407. The molecule has 0 aliphatic heterocycles. The van der Waals surface area contributed by atoms with Crippen LogP contribution in [0.5, 0.6) is 5.75 Å². The lowest BCUT2D eigenvalue weighted by Gasteiger charge is -2.13. The van der Waals surface area contributed by atoms with Crippen LogP contribution in [0.15, 0.2) is 21.3 Å². The number of hydrogen-bond acceptors (Lipinski definition) is 5. The molecule has 2 aromatic rings. The van der Waals surface area contributed by atoms with Gasteiger partial charge in [0.25, 0.3) is 0 Å². The van der Waals surface area contributed by atoms with Crippen molar-refractivity contribution in [2.75, 3.05) is 13.7 Å². The summed E-state index contributed by atoms with van der Waals surface area (Å²) in [4.78, 5) is 11.0. The minimum absolute atomic E-state index is 0.0918. The van der Waals surface area contributed by atoms with E-state index in [2.05, 4.69) is 0 Å². The predicted molar refractivity (Wildman–Crippen MR) is 66.9 cm³/mol. The first-order chi connectivity index (χ1) is 8.18. The van der Waals surface area contributed by atoms with Gasteiger partial charge in [0.15, 0.2) is 11.3 Å². The predicted octanol–water partition coefficient (Wildman–Crippen LogP) is 1.85. The van der Waals surface area contributed by atoms with Gasteiger partial charge in [-0.2, -0.15) is 0 Å². The van der Waals surface area contributed by atoms with Gasteiger partial charge in [-0.05, 0) is 30.5 Å². The first-order valence-corrected chi connectivity index (χ1v) is 6.32. The normalized spacial score (nSPS) is 17.3. The summed E-state index contributed by atoms with van der Waals surface area (Å²) in [6, 6.07) is 3.95. The van der Waals surface area contributed by atoms with Gasteiger partial charge in [0.1, 0.15) is 0 Å². The van der Waals surface area contributed by atoms with Crippen LogP contribution in [0.3, 0.4) is 0 Å². The monoisotopic (exact) mass is 251 g/mol. The second-order valence-electron chi connectivity index (χ2n) is 4.44. The zero-order chi connectivity index (χ0) is 12.0. The van der Waals surface area contributed by atoms with Gasteiger partial charge in [0, 0.05) is 12.0 Å². The fourth-order valence-electron chi connectivity index (χ4n) is 2.17. The van der Waals surface area contributed by atoms with Crippen LogP contribution in [0, 0.1) is 0 Å². The SMILES string of the molecule is COc1cc(C2(CN)CC2)cc2sc(=O)oc12. The zero-order valence-electron chi connectivity index (χ0n) is 9.49. The van der Waals surface area contributed by atoms with E-state index in [4.69, 9.17) is 14.9 Å². The van der Waals surface area contributed by atoms with Gasteiger partial charge in [-0.1, -0.05) is 11.3 Å². The third-order valence-electron chi connectivity index (χ3n) is 3.48. The molecule has 0 spiro atoms. The molecular formula is C12H13NO3S. The molecule has 1 aliphatic carbocycles. The Morgan fingerprint density at radius 2 is 2.29 bits per heavy atom. The molecule has 1 aliphatic rings. The summed E-state index contributed by atoms with van der Waals surface area (Å²) in [7, 11) is 1.58. The summed E-state index contributed by atoms with van der Waals surface area (Å²) in [5.41, 5.74) is 7.61. The lowest BCUT2D eigenvalue weighted by atomic mass is 9.96. The summed E-state index contributed by atoms with van der Waals surface area (Å²) in [6.07, 6.45) is 2.20. The highest BCUT2D eigenvalue weighted by molar-refractivity contribution is 7.16. The van der Waals surface area contributed by atoms with E-state index in [1.807, 2.05) is 12.1 Å². The third-order valence-corrected chi connectivity index (χ3v) is 4.25. The molecule has 2 N–H and O–H groups in total. The van der Waals surface area contributed by atoms with E-state index in [1.165, 1.54) is 0 Å². The smallest absolute Gasteiger partial charge is 0.396 e. The first kappa shape index (κ1) is 10.8. The molecule has 1 aromatic carbocycles. The Balaban J connectivity index is 2.24. The van der Waals surface area contributed by atoms with Crippen LogP contribution in [0.25, 0.3) is 10.3 Å². The van der Waals surface area contributed by atoms with Crippen molar-refractivity contribution >= 4 is 21.6 Å². The number of methoxy groups -OCH3 is 1. The third kappa shape index (κ3) is 1.57. The molecule has 0 bridgehead atoms. The van der Waals surface area contributed by atoms with Crippen LogP contribution in [-0.4, -0.2) is 13.7 Å². The molecule has 0 atom stereocenters. The minimum atomic E-state index is -0.298. The van der Waals surface area contributed by atoms with Crippen molar-refractivity contribution in [3.05, 3.63) is 27.4 Å². The van der Waals surface area contributed by atoms with Crippen molar-refractivity contribution in [2.45, 2.75) is 18.3 Å². The standard InChI is InChI=1S/C12H13NO3S/c1-15-8-4-7(12(6-13)2-3-12)5-9-10(8)16-11(14)17-9/h4-5H,2-3,6,13H2,1H3. The van der Waals surface area contributed by atoms with Crippen molar-refractivity contribution in [2.24, 2.45) is 5.73 Å². The van der Waals surface area contributed by atoms with Crippen LogP contribution in [0.4, 0.5) is 0 Å². The van der Waals surface area contributed by atoms with Crippen LogP contribution < -0.4 is 15.4 Å². The van der Waals surface area contributed by atoms with Gasteiger partial charge >= 0.3 is 4.94 Å². The zero-order valence-corrected chi connectivity index (χ0v) is 10.3.